The minimum atomic E-state index is -0.755. The molecule has 0 spiro atoms. The number of para-hydroxylation sites is 1. The van der Waals surface area contributed by atoms with Crippen LogP contribution >= 0.6 is 0 Å². The van der Waals surface area contributed by atoms with Crippen LogP contribution in [0.5, 0.6) is 0 Å². The van der Waals surface area contributed by atoms with Gasteiger partial charge in [-0.2, -0.15) is 0 Å². The summed E-state index contributed by atoms with van der Waals surface area (Å²) in [5, 5.41) is 13.3. The van der Waals surface area contributed by atoms with E-state index in [1.165, 1.54) is 0 Å². The van der Waals surface area contributed by atoms with E-state index in [0.717, 1.165) is 38.8 Å². The molecule has 1 heterocycles. The van der Waals surface area contributed by atoms with Crippen LogP contribution in [-0.2, 0) is 14.9 Å². The monoisotopic (exact) mass is 517 g/mol. The van der Waals surface area contributed by atoms with Gasteiger partial charge in [-0.3, -0.25) is 10.1 Å². The molecule has 2 N–H and O–H groups in total. The Morgan fingerprint density at radius 2 is 1.41 bits per heavy atom. The van der Waals surface area contributed by atoms with E-state index in [4.69, 9.17) is 9.15 Å². The Bertz CT molecular complexity index is 1650. The zero-order valence-electron chi connectivity index (χ0n) is 21.4. The van der Waals surface area contributed by atoms with Crippen molar-refractivity contribution in [1.82, 2.24) is 0 Å². The maximum Gasteiger partial charge on any atom is 0.414 e. The lowest BCUT2D eigenvalue weighted by atomic mass is 9.93. The Morgan fingerprint density at radius 3 is 2.05 bits per heavy atom. The van der Waals surface area contributed by atoms with Gasteiger partial charge in [0.25, 0.3) is 0 Å². The summed E-state index contributed by atoms with van der Waals surface area (Å²) in [6, 6.07) is 33.0. The Kier molecular flexibility index (Phi) is 6.15. The number of aliphatic carboxylic acids is 1. The molecule has 39 heavy (non-hydrogen) atoms. The Balaban J connectivity index is 1.26. The molecule has 0 saturated heterocycles. The highest BCUT2D eigenvalue weighted by atomic mass is 16.6. The molecule has 6 rings (SSSR count). The smallest absolute Gasteiger partial charge is 0.414 e. The fourth-order valence-corrected chi connectivity index (χ4v) is 5.06. The average molecular weight is 518 g/mol. The molecule has 1 aromatic heterocycles. The van der Waals surface area contributed by atoms with Gasteiger partial charge in [0.15, 0.2) is 0 Å². The van der Waals surface area contributed by atoms with E-state index in [0.29, 0.717) is 24.3 Å². The summed E-state index contributed by atoms with van der Waals surface area (Å²) in [4.78, 5) is 24.5. The van der Waals surface area contributed by atoms with Crippen molar-refractivity contribution in [1.29, 1.82) is 0 Å². The number of nitrogens with one attached hydrogen (secondary N) is 1. The maximum absolute atomic E-state index is 12.8. The molecule has 1 unspecified atom stereocenters. The van der Waals surface area contributed by atoms with Crippen molar-refractivity contribution in [3.05, 3.63) is 114 Å². The van der Waals surface area contributed by atoms with Gasteiger partial charge in [0.1, 0.15) is 11.7 Å². The molecule has 1 aliphatic rings. The van der Waals surface area contributed by atoms with E-state index in [-0.39, 0.29) is 0 Å². The van der Waals surface area contributed by atoms with E-state index < -0.39 is 23.6 Å². The van der Waals surface area contributed by atoms with Gasteiger partial charge in [-0.25, -0.2) is 4.79 Å². The lowest BCUT2D eigenvalue weighted by molar-refractivity contribution is -0.140. The molecule has 0 radical (unpaired) electrons. The molecule has 6 nitrogen and oxygen atoms in total. The number of carbonyl (C=O) groups excluding carboxylic acids is 1. The van der Waals surface area contributed by atoms with E-state index in [9.17, 15) is 14.7 Å². The summed E-state index contributed by atoms with van der Waals surface area (Å²) in [6.07, 6.45) is 0.349. The van der Waals surface area contributed by atoms with Gasteiger partial charge < -0.3 is 14.3 Å². The number of anilines is 1. The van der Waals surface area contributed by atoms with E-state index in [1.807, 2.05) is 110 Å². The zero-order valence-corrected chi connectivity index (χ0v) is 21.4. The second kappa shape index (κ2) is 9.80. The summed E-state index contributed by atoms with van der Waals surface area (Å²) in [7, 11) is 0. The van der Waals surface area contributed by atoms with Crippen LogP contribution in [-0.4, -0.2) is 17.2 Å². The normalized spacial score (nSPS) is 14.5. The van der Waals surface area contributed by atoms with Crippen LogP contribution in [0.15, 0.2) is 108 Å². The van der Waals surface area contributed by atoms with Crippen molar-refractivity contribution in [2.24, 2.45) is 0 Å². The number of amides is 1. The minimum absolute atomic E-state index is 0.321. The number of carboxylic acids is 1. The highest BCUT2D eigenvalue weighted by Gasteiger charge is 2.51. The fraction of sp³-hybridized carbons (Fsp3) is 0.152. The lowest BCUT2D eigenvalue weighted by Gasteiger charge is -2.14. The van der Waals surface area contributed by atoms with Crippen molar-refractivity contribution < 1.29 is 23.8 Å². The average Bonchev–Trinajstić information content (AvgIpc) is 3.70. The van der Waals surface area contributed by atoms with Crippen molar-refractivity contribution in [2.75, 3.05) is 5.32 Å². The van der Waals surface area contributed by atoms with Crippen LogP contribution in [0.25, 0.3) is 33.2 Å². The van der Waals surface area contributed by atoms with Gasteiger partial charge in [-0.15, -0.1) is 0 Å². The molecule has 0 aliphatic heterocycles. The number of carboxylic acid groups (broad SMARTS) is 1. The molecule has 1 aliphatic carbocycles. The third-order valence-electron chi connectivity index (χ3n) is 7.47. The number of fused-ring (bicyclic) bond motifs is 1. The van der Waals surface area contributed by atoms with Gasteiger partial charge >= 0.3 is 12.1 Å². The summed E-state index contributed by atoms with van der Waals surface area (Å²) >= 11 is 0. The van der Waals surface area contributed by atoms with Crippen LogP contribution in [0.4, 0.5) is 10.7 Å². The third-order valence-corrected chi connectivity index (χ3v) is 7.47. The minimum Gasteiger partial charge on any atom is -0.481 e. The summed E-state index contributed by atoms with van der Waals surface area (Å²) in [5.41, 5.74) is 5.35. The first kappa shape index (κ1) is 24.5. The Hall–Kier alpha value is -4.84. The number of benzene rings is 4. The second-order valence-corrected chi connectivity index (χ2v) is 9.93. The molecular weight excluding hydrogens is 490 g/mol. The molecule has 6 heteroatoms. The molecule has 1 amide bonds. The SMILES string of the molecule is CC(OC(=O)Nc1oc2ccccc2c1-c1ccc(-c2ccc(C3(C(=O)O)CC3)cc2)cc1)c1ccccc1. The van der Waals surface area contributed by atoms with Crippen molar-refractivity contribution in [3.63, 3.8) is 0 Å². The van der Waals surface area contributed by atoms with Gasteiger partial charge in [-0.05, 0) is 53.6 Å². The fourth-order valence-electron chi connectivity index (χ4n) is 5.06. The predicted molar refractivity (Wildman–Crippen MR) is 151 cm³/mol. The predicted octanol–water partition coefficient (Wildman–Crippen LogP) is 8.19. The number of furan rings is 1. The van der Waals surface area contributed by atoms with Crippen molar-refractivity contribution in [3.8, 4) is 22.3 Å². The molecule has 1 fully saturated rings. The van der Waals surface area contributed by atoms with Gasteiger partial charge in [0, 0.05) is 5.39 Å². The molecule has 5 aromatic rings. The topological polar surface area (TPSA) is 88.8 Å². The molecule has 0 bridgehead atoms. The lowest BCUT2D eigenvalue weighted by Crippen LogP contribution is -2.19. The van der Waals surface area contributed by atoms with Crippen LogP contribution in [0.2, 0.25) is 0 Å². The summed E-state index contributed by atoms with van der Waals surface area (Å²) in [5.74, 6) is -0.434. The Labute approximate surface area is 225 Å². The number of rotatable bonds is 7. The quantitative estimate of drug-likeness (QED) is 0.227. The first-order valence-corrected chi connectivity index (χ1v) is 12.9. The zero-order chi connectivity index (χ0) is 27.0. The van der Waals surface area contributed by atoms with E-state index in [2.05, 4.69) is 5.32 Å². The van der Waals surface area contributed by atoms with Crippen molar-refractivity contribution in [2.45, 2.75) is 31.3 Å². The van der Waals surface area contributed by atoms with Crippen LogP contribution in [0.3, 0.4) is 0 Å². The van der Waals surface area contributed by atoms with E-state index in [1.54, 1.807) is 0 Å². The maximum atomic E-state index is 12.8. The number of carbonyl (C=O) groups is 2. The van der Waals surface area contributed by atoms with Gasteiger partial charge in [0.05, 0.1) is 11.0 Å². The highest BCUT2D eigenvalue weighted by Crippen LogP contribution is 2.48. The van der Waals surface area contributed by atoms with Crippen LogP contribution in [0.1, 0.15) is 37.0 Å². The second-order valence-electron chi connectivity index (χ2n) is 9.93. The molecule has 1 atom stereocenters. The number of hydrogen-bond donors (Lipinski definition) is 2. The first-order valence-electron chi connectivity index (χ1n) is 12.9. The highest BCUT2D eigenvalue weighted by molar-refractivity contribution is 6.03. The van der Waals surface area contributed by atoms with Crippen LogP contribution < -0.4 is 5.32 Å². The Morgan fingerprint density at radius 1 is 0.821 bits per heavy atom. The third kappa shape index (κ3) is 4.66. The van der Waals surface area contributed by atoms with Crippen molar-refractivity contribution >= 4 is 28.9 Å². The van der Waals surface area contributed by atoms with E-state index >= 15 is 0 Å². The molecule has 194 valence electrons. The largest absolute Gasteiger partial charge is 0.481 e. The van der Waals surface area contributed by atoms with Gasteiger partial charge in [-0.1, -0.05) is 97.1 Å². The number of hydrogen-bond acceptors (Lipinski definition) is 4. The van der Waals surface area contributed by atoms with Crippen LogP contribution in [0, 0.1) is 0 Å². The molecular formula is C33H27NO5. The standard InChI is InChI=1S/C33H27NO5/c1-21(22-7-3-2-4-8-22)38-32(37)34-30-29(27-9-5-6-10-28(27)39-30)25-13-11-23(12-14-25)24-15-17-26(18-16-24)33(19-20-33)31(35)36/h2-18,21H,19-20H2,1H3,(H,34,37)(H,35,36). The summed E-state index contributed by atoms with van der Waals surface area (Å²) in [6.45, 7) is 1.83. The first-order chi connectivity index (χ1) is 18.9. The molecule has 4 aromatic carbocycles. The molecule has 1 saturated carbocycles. The van der Waals surface area contributed by atoms with Gasteiger partial charge in [0.2, 0.25) is 5.88 Å². The summed E-state index contributed by atoms with van der Waals surface area (Å²) < 4.78 is 11.6. The number of ether oxygens (including phenoxy) is 1.